The maximum absolute atomic E-state index is 9.69. The summed E-state index contributed by atoms with van der Waals surface area (Å²) in [5.74, 6) is 3.32. The molecular weight excluding hydrogens is 246 g/mol. The van der Waals surface area contributed by atoms with E-state index in [1.807, 2.05) is 12.2 Å². The molecular formula is C18H25NO. The van der Waals surface area contributed by atoms with Gasteiger partial charge in [-0.2, -0.15) is 0 Å². The van der Waals surface area contributed by atoms with E-state index in [1.54, 1.807) is 0 Å². The molecule has 0 bridgehead atoms. The van der Waals surface area contributed by atoms with Crippen molar-refractivity contribution in [3.05, 3.63) is 35.6 Å². The van der Waals surface area contributed by atoms with E-state index in [4.69, 9.17) is 5.73 Å². The normalized spacial score (nSPS) is 49.8. The van der Waals surface area contributed by atoms with Crippen molar-refractivity contribution in [1.29, 1.82) is 0 Å². The highest BCUT2D eigenvalue weighted by molar-refractivity contribution is 5.38. The van der Waals surface area contributed by atoms with Gasteiger partial charge in [0.05, 0.1) is 0 Å². The van der Waals surface area contributed by atoms with E-state index < -0.39 is 0 Å². The van der Waals surface area contributed by atoms with Gasteiger partial charge in [0.1, 0.15) is 5.76 Å². The van der Waals surface area contributed by atoms with Gasteiger partial charge in [-0.25, -0.2) is 0 Å². The molecule has 108 valence electrons. The Balaban J connectivity index is 1.68. The van der Waals surface area contributed by atoms with E-state index in [-0.39, 0.29) is 0 Å². The molecule has 2 fully saturated rings. The Morgan fingerprint density at radius 1 is 1.25 bits per heavy atom. The molecule has 0 amide bonds. The molecule has 4 aliphatic rings. The lowest BCUT2D eigenvalue weighted by atomic mass is 9.53. The van der Waals surface area contributed by atoms with Crippen molar-refractivity contribution in [2.24, 2.45) is 34.8 Å². The Kier molecular flexibility index (Phi) is 2.69. The zero-order valence-corrected chi connectivity index (χ0v) is 12.3. The smallest absolute Gasteiger partial charge is 0.115 e. The summed E-state index contributed by atoms with van der Waals surface area (Å²) < 4.78 is 0. The van der Waals surface area contributed by atoms with Crippen LogP contribution in [0.1, 0.15) is 39.0 Å². The van der Waals surface area contributed by atoms with Crippen molar-refractivity contribution in [3.63, 3.8) is 0 Å². The molecule has 4 rings (SSSR count). The maximum Gasteiger partial charge on any atom is 0.115 e. The van der Waals surface area contributed by atoms with E-state index in [0.29, 0.717) is 23.1 Å². The van der Waals surface area contributed by atoms with Crippen LogP contribution in [0, 0.1) is 29.1 Å². The van der Waals surface area contributed by atoms with Crippen molar-refractivity contribution >= 4 is 0 Å². The van der Waals surface area contributed by atoms with E-state index in [0.717, 1.165) is 17.8 Å². The van der Waals surface area contributed by atoms with Crippen LogP contribution in [0.15, 0.2) is 35.6 Å². The van der Waals surface area contributed by atoms with Crippen molar-refractivity contribution < 1.29 is 5.11 Å². The Labute approximate surface area is 121 Å². The van der Waals surface area contributed by atoms with Crippen molar-refractivity contribution in [2.45, 2.75) is 45.1 Å². The van der Waals surface area contributed by atoms with Crippen LogP contribution in [-0.4, -0.2) is 11.1 Å². The summed E-state index contributed by atoms with van der Waals surface area (Å²) in [6.45, 7) is 2.44. The van der Waals surface area contributed by atoms with Crippen LogP contribution in [-0.2, 0) is 0 Å². The van der Waals surface area contributed by atoms with Crippen LogP contribution >= 0.6 is 0 Å². The monoisotopic (exact) mass is 271 g/mol. The standard InChI is InChI=1S/C18H25NO/c1-18-9-8-14-13-5-3-12(20)10-11(13)2-4-15(14)16(18)6-7-17(18)19/h2-3,5,10,13-17,20H,4,6-9,19H2,1H3/t13-,14+,15+,16-,17+,18-/m0/s1. The number of hydrogen-bond donors (Lipinski definition) is 2. The van der Waals surface area contributed by atoms with Gasteiger partial charge >= 0.3 is 0 Å². The average Bonchev–Trinajstić information content (AvgIpc) is 2.74. The average molecular weight is 271 g/mol. The highest BCUT2D eigenvalue weighted by Crippen LogP contribution is 2.60. The van der Waals surface area contributed by atoms with Crippen LogP contribution in [0.25, 0.3) is 0 Å². The fraction of sp³-hybridized carbons (Fsp3) is 0.667. The third-order valence-electron chi connectivity index (χ3n) is 6.83. The Morgan fingerprint density at radius 2 is 2.10 bits per heavy atom. The predicted molar refractivity (Wildman–Crippen MR) is 81.1 cm³/mol. The first-order valence-corrected chi connectivity index (χ1v) is 8.14. The molecule has 3 N–H and O–H groups in total. The summed E-state index contributed by atoms with van der Waals surface area (Å²) in [7, 11) is 0. The first-order chi connectivity index (χ1) is 9.59. The van der Waals surface area contributed by atoms with Gasteiger partial charge in [-0.15, -0.1) is 0 Å². The quantitative estimate of drug-likeness (QED) is 0.705. The number of nitrogens with two attached hydrogens (primary N) is 1. The second-order valence-corrected chi connectivity index (χ2v) is 7.56. The van der Waals surface area contributed by atoms with Crippen molar-refractivity contribution in [2.75, 3.05) is 0 Å². The zero-order chi connectivity index (χ0) is 13.9. The number of aliphatic hydroxyl groups is 1. The largest absolute Gasteiger partial charge is 0.508 e. The van der Waals surface area contributed by atoms with E-state index in [1.165, 1.54) is 37.7 Å². The fourth-order valence-corrected chi connectivity index (χ4v) is 5.63. The number of fused-ring (bicyclic) bond motifs is 5. The summed E-state index contributed by atoms with van der Waals surface area (Å²) in [5.41, 5.74) is 8.15. The second kappa shape index (κ2) is 4.24. The molecule has 0 aromatic rings. The van der Waals surface area contributed by atoms with Crippen molar-refractivity contribution in [1.82, 2.24) is 0 Å². The molecule has 0 aromatic carbocycles. The molecule has 20 heavy (non-hydrogen) atoms. The van der Waals surface area contributed by atoms with Crippen LogP contribution in [0.2, 0.25) is 0 Å². The minimum atomic E-state index is 0.378. The number of hydrogen-bond acceptors (Lipinski definition) is 2. The zero-order valence-electron chi connectivity index (χ0n) is 12.3. The first-order valence-electron chi connectivity index (χ1n) is 8.14. The van der Waals surface area contributed by atoms with Crippen LogP contribution in [0.5, 0.6) is 0 Å². The highest BCUT2D eigenvalue weighted by atomic mass is 16.3. The maximum atomic E-state index is 9.69. The van der Waals surface area contributed by atoms with E-state index >= 15 is 0 Å². The minimum absolute atomic E-state index is 0.378. The summed E-state index contributed by atoms with van der Waals surface area (Å²) in [6, 6.07) is 0.407. The topological polar surface area (TPSA) is 46.2 Å². The molecule has 0 spiro atoms. The Hall–Kier alpha value is -1.02. The minimum Gasteiger partial charge on any atom is -0.508 e. The molecule has 2 nitrogen and oxygen atoms in total. The molecule has 2 saturated carbocycles. The van der Waals surface area contributed by atoms with E-state index in [2.05, 4.69) is 19.1 Å². The molecule has 6 atom stereocenters. The lowest BCUT2D eigenvalue weighted by Gasteiger charge is -2.51. The summed E-state index contributed by atoms with van der Waals surface area (Å²) in [4.78, 5) is 0. The molecule has 0 unspecified atom stereocenters. The van der Waals surface area contributed by atoms with Gasteiger partial charge in [-0.3, -0.25) is 0 Å². The Morgan fingerprint density at radius 3 is 2.95 bits per heavy atom. The highest BCUT2D eigenvalue weighted by Gasteiger charge is 2.54. The number of rotatable bonds is 0. The molecule has 0 radical (unpaired) electrons. The third-order valence-corrected chi connectivity index (χ3v) is 6.83. The summed E-state index contributed by atoms with van der Waals surface area (Å²) in [5, 5.41) is 9.69. The number of aliphatic hydroxyl groups excluding tert-OH is 1. The van der Waals surface area contributed by atoms with E-state index in [9.17, 15) is 5.11 Å². The summed E-state index contributed by atoms with van der Waals surface area (Å²) >= 11 is 0. The molecule has 4 aliphatic carbocycles. The second-order valence-electron chi connectivity index (χ2n) is 7.56. The summed E-state index contributed by atoms with van der Waals surface area (Å²) in [6.07, 6.45) is 14.8. The van der Waals surface area contributed by atoms with Crippen LogP contribution < -0.4 is 5.73 Å². The van der Waals surface area contributed by atoms with Gasteiger partial charge in [0.25, 0.3) is 0 Å². The van der Waals surface area contributed by atoms with Gasteiger partial charge in [0.2, 0.25) is 0 Å². The SMILES string of the molecule is C[C@]12CC[C@H]3[C@@H](CC=C4C=C(O)C=C[C@@H]43)[C@@H]1CC[C@H]2N. The van der Waals surface area contributed by atoms with Gasteiger partial charge in [-0.05, 0) is 73.0 Å². The van der Waals surface area contributed by atoms with Gasteiger partial charge in [0, 0.05) is 12.0 Å². The fourth-order valence-electron chi connectivity index (χ4n) is 5.63. The molecule has 0 saturated heterocycles. The van der Waals surface area contributed by atoms with Crippen molar-refractivity contribution in [3.8, 4) is 0 Å². The first kappa shape index (κ1) is 12.7. The lowest BCUT2D eigenvalue weighted by Crippen LogP contribution is -2.48. The lowest BCUT2D eigenvalue weighted by molar-refractivity contribution is 0.0165. The molecule has 0 aromatic heterocycles. The molecule has 0 heterocycles. The third kappa shape index (κ3) is 1.60. The Bertz CT molecular complexity index is 518. The van der Waals surface area contributed by atoms with Crippen LogP contribution in [0.4, 0.5) is 0 Å². The van der Waals surface area contributed by atoms with Gasteiger partial charge in [-0.1, -0.05) is 19.1 Å². The van der Waals surface area contributed by atoms with Crippen LogP contribution in [0.3, 0.4) is 0 Å². The molecule has 2 heteroatoms. The predicted octanol–water partition coefficient (Wildman–Crippen LogP) is 3.71. The number of allylic oxidation sites excluding steroid dienone is 5. The molecule has 0 aliphatic heterocycles. The van der Waals surface area contributed by atoms with Gasteiger partial charge < -0.3 is 10.8 Å². The van der Waals surface area contributed by atoms with Gasteiger partial charge in [0.15, 0.2) is 0 Å².